The number of nitrogens with zero attached hydrogens (tertiary/aromatic N) is 2. The molecule has 0 aromatic carbocycles. The minimum atomic E-state index is -0.962. The number of imidazole rings is 1. The summed E-state index contributed by atoms with van der Waals surface area (Å²) in [5, 5.41) is 19.2. The van der Waals surface area contributed by atoms with Crippen molar-refractivity contribution >= 4 is 5.65 Å². The molecule has 0 unspecified atom stereocenters. The van der Waals surface area contributed by atoms with Crippen LogP contribution in [0.4, 0.5) is 0 Å². The van der Waals surface area contributed by atoms with Gasteiger partial charge in [0.2, 0.25) is 0 Å². The van der Waals surface area contributed by atoms with Crippen molar-refractivity contribution in [3.63, 3.8) is 0 Å². The first-order chi connectivity index (χ1) is 7.02. The molecule has 80 valence electrons. The molecule has 2 aromatic rings. The van der Waals surface area contributed by atoms with E-state index >= 15 is 0 Å². The molecule has 4 nitrogen and oxygen atoms in total. The lowest BCUT2D eigenvalue weighted by atomic mass is 9.95. The highest BCUT2D eigenvalue weighted by atomic mass is 16.3. The highest BCUT2D eigenvalue weighted by molar-refractivity contribution is 5.45. The second-order valence-electron chi connectivity index (χ2n) is 4.12. The summed E-state index contributed by atoms with van der Waals surface area (Å²) in [5.41, 5.74) is 1.24. The summed E-state index contributed by atoms with van der Waals surface area (Å²) in [4.78, 5) is 4.12. The quantitative estimate of drug-likeness (QED) is 0.772. The second-order valence-corrected chi connectivity index (χ2v) is 4.12. The maximum atomic E-state index is 9.95. The van der Waals surface area contributed by atoms with Crippen molar-refractivity contribution in [1.82, 2.24) is 9.38 Å². The number of aliphatic hydroxyl groups excluding tert-OH is 1. The van der Waals surface area contributed by atoms with Crippen LogP contribution >= 0.6 is 0 Å². The first-order valence-corrected chi connectivity index (χ1v) is 4.81. The minimum absolute atomic E-state index is 0.0946. The Hall–Kier alpha value is -1.39. The predicted octanol–water partition coefficient (Wildman–Crippen LogP) is 1.05. The van der Waals surface area contributed by atoms with Crippen molar-refractivity contribution in [2.75, 3.05) is 0 Å². The van der Waals surface area contributed by atoms with Crippen molar-refractivity contribution in [2.45, 2.75) is 26.1 Å². The highest BCUT2D eigenvalue weighted by Gasteiger charge is 2.20. The summed E-state index contributed by atoms with van der Waals surface area (Å²) in [5.74, 6) is 0. The van der Waals surface area contributed by atoms with Crippen molar-refractivity contribution < 1.29 is 10.2 Å². The van der Waals surface area contributed by atoms with Crippen LogP contribution in [0.2, 0.25) is 0 Å². The lowest BCUT2D eigenvalue weighted by Gasteiger charge is -2.21. The Kier molecular flexibility index (Phi) is 2.25. The molecule has 0 bridgehead atoms. The van der Waals surface area contributed by atoms with Crippen LogP contribution in [0.15, 0.2) is 24.7 Å². The van der Waals surface area contributed by atoms with E-state index in [0.29, 0.717) is 5.56 Å². The van der Waals surface area contributed by atoms with Gasteiger partial charge in [0, 0.05) is 24.2 Å². The molecule has 0 atom stereocenters. The maximum Gasteiger partial charge on any atom is 0.137 e. The van der Waals surface area contributed by atoms with Gasteiger partial charge < -0.3 is 14.6 Å². The highest BCUT2D eigenvalue weighted by Crippen LogP contribution is 2.24. The largest absolute Gasteiger partial charge is 0.392 e. The average Bonchev–Trinajstić information content (AvgIpc) is 2.60. The van der Waals surface area contributed by atoms with Gasteiger partial charge in [-0.3, -0.25) is 0 Å². The average molecular weight is 206 g/mol. The third-order valence-corrected chi connectivity index (χ3v) is 2.45. The number of aromatic nitrogens is 2. The Morgan fingerprint density at radius 2 is 2.20 bits per heavy atom. The first kappa shape index (κ1) is 10.1. The number of pyridine rings is 1. The van der Waals surface area contributed by atoms with Gasteiger partial charge in [-0.15, -0.1) is 0 Å². The van der Waals surface area contributed by atoms with Crippen LogP contribution in [0.1, 0.15) is 25.0 Å². The fourth-order valence-electron chi connectivity index (χ4n) is 1.68. The Bertz CT molecular complexity index is 483. The number of hydrogen-bond acceptors (Lipinski definition) is 3. The molecule has 2 N–H and O–H groups in total. The Labute approximate surface area is 87.8 Å². The molecule has 0 radical (unpaired) electrons. The topological polar surface area (TPSA) is 57.8 Å². The van der Waals surface area contributed by atoms with Crippen LogP contribution in [0.25, 0.3) is 5.65 Å². The summed E-state index contributed by atoms with van der Waals surface area (Å²) < 4.78 is 1.83. The normalized spacial score (nSPS) is 12.3. The number of rotatable bonds is 2. The van der Waals surface area contributed by atoms with Crippen LogP contribution in [0.3, 0.4) is 0 Å². The molecular weight excluding hydrogens is 192 g/mol. The lowest BCUT2D eigenvalue weighted by molar-refractivity contribution is 0.0755. The van der Waals surface area contributed by atoms with E-state index in [1.54, 1.807) is 32.3 Å². The van der Waals surface area contributed by atoms with Gasteiger partial charge >= 0.3 is 0 Å². The van der Waals surface area contributed by atoms with Crippen molar-refractivity contribution in [3.05, 3.63) is 35.8 Å². The Morgan fingerprint density at radius 3 is 2.80 bits per heavy atom. The number of hydrogen-bond donors (Lipinski definition) is 2. The van der Waals surface area contributed by atoms with E-state index in [2.05, 4.69) is 4.98 Å². The van der Waals surface area contributed by atoms with Gasteiger partial charge in [0.05, 0.1) is 12.2 Å². The van der Waals surface area contributed by atoms with Gasteiger partial charge in [-0.2, -0.15) is 0 Å². The Morgan fingerprint density at radius 1 is 1.47 bits per heavy atom. The molecule has 0 fully saturated rings. The van der Waals surface area contributed by atoms with Gasteiger partial charge in [0.1, 0.15) is 5.65 Å². The molecule has 4 heteroatoms. The predicted molar refractivity (Wildman–Crippen MR) is 56.4 cm³/mol. The molecule has 2 aromatic heterocycles. The van der Waals surface area contributed by atoms with Crippen LogP contribution in [-0.2, 0) is 12.2 Å². The van der Waals surface area contributed by atoms with Crippen molar-refractivity contribution in [3.8, 4) is 0 Å². The van der Waals surface area contributed by atoms with E-state index in [1.807, 2.05) is 10.6 Å². The van der Waals surface area contributed by atoms with Crippen LogP contribution < -0.4 is 0 Å². The fourth-order valence-corrected chi connectivity index (χ4v) is 1.68. The maximum absolute atomic E-state index is 9.95. The molecule has 2 rings (SSSR count). The minimum Gasteiger partial charge on any atom is -0.392 e. The standard InChI is InChI=1S/C11H14N2O2/c1-11(2,15)9-6-13-4-3-12-10(13)5-8(9)7-14/h3-6,14-15H,7H2,1-2H3. The third-order valence-electron chi connectivity index (χ3n) is 2.45. The number of fused-ring (bicyclic) bond motifs is 1. The van der Waals surface area contributed by atoms with Crippen LogP contribution in [0.5, 0.6) is 0 Å². The molecule has 0 spiro atoms. The molecule has 0 aliphatic rings. The van der Waals surface area contributed by atoms with E-state index in [1.165, 1.54) is 0 Å². The van der Waals surface area contributed by atoms with Gasteiger partial charge in [0.25, 0.3) is 0 Å². The third kappa shape index (κ3) is 1.73. The van der Waals surface area contributed by atoms with Gasteiger partial charge in [-0.25, -0.2) is 4.98 Å². The summed E-state index contributed by atoms with van der Waals surface area (Å²) in [6, 6.07) is 1.79. The second kappa shape index (κ2) is 3.32. The van der Waals surface area contributed by atoms with E-state index in [9.17, 15) is 10.2 Å². The van der Waals surface area contributed by atoms with Crippen molar-refractivity contribution in [2.24, 2.45) is 0 Å². The summed E-state index contributed by atoms with van der Waals surface area (Å²) in [7, 11) is 0. The smallest absolute Gasteiger partial charge is 0.137 e. The SMILES string of the molecule is CC(C)(O)c1cn2ccnc2cc1CO. The molecule has 0 aliphatic heterocycles. The number of aliphatic hydroxyl groups is 2. The van der Waals surface area contributed by atoms with E-state index < -0.39 is 5.60 Å². The summed E-state index contributed by atoms with van der Waals surface area (Å²) in [6.07, 6.45) is 5.30. The van der Waals surface area contributed by atoms with Crippen LogP contribution in [0, 0.1) is 0 Å². The molecular formula is C11H14N2O2. The summed E-state index contributed by atoms with van der Waals surface area (Å²) >= 11 is 0. The van der Waals surface area contributed by atoms with E-state index in [4.69, 9.17) is 0 Å². The molecule has 0 amide bonds. The van der Waals surface area contributed by atoms with Gasteiger partial charge in [0.15, 0.2) is 0 Å². The monoisotopic (exact) mass is 206 g/mol. The van der Waals surface area contributed by atoms with Crippen molar-refractivity contribution in [1.29, 1.82) is 0 Å². The van der Waals surface area contributed by atoms with E-state index in [-0.39, 0.29) is 6.61 Å². The fraction of sp³-hybridized carbons (Fsp3) is 0.364. The molecule has 0 aliphatic carbocycles. The lowest BCUT2D eigenvalue weighted by Crippen LogP contribution is -2.19. The zero-order valence-corrected chi connectivity index (χ0v) is 8.81. The Balaban J connectivity index is 2.70. The van der Waals surface area contributed by atoms with Crippen LogP contribution in [-0.4, -0.2) is 19.6 Å². The van der Waals surface area contributed by atoms with E-state index in [0.717, 1.165) is 11.2 Å². The first-order valence-electron chi connectivity index (χ1n) is 4.81. The zero-order chi connectivity index (χ0) is 11.1. The zero-order valence-electron chi connectivity index (χ0n) is 8.81. The van der Waals surface area contributed by atoms with Gasteiger partial charge in [-0.05, 0) is 25.5 Å². The summed E-state index contributed by atoms with van der Waals surface area (Å²) in [6.45, 7) is 3.30. The molecule has 0 saturated carbocycles. The molecule has 15 heavy (non-hydrogen) atoms. The molecule has 2 heterocycles. The van der Waals surface area contributed by atoms with Gasteiger partial charge in [-0.1, -0.05) is 0 Å². The molecule has 0 saturated heterocycles.